The van der Waals surface area contributed by atoms with Crippen LogP contribution in [-0.4, -0.2) is 54.1 Å². The van der Waals surface area contributed by atoms with Gasteiger partial charge < -0.3 is 15.0 Å². The van der Waals surface area contributed by atoms with Gasteiger partial charge in [-0.15, -0.1) is 0 Å². The summed E-state index contributed by atoms with van der Waals surface area (Å²) in [4.78, 5) is 37.6. The van der Waals surface area contributed by atoms with Crippen LogP contribution in [0.15, 0.2) is 29.4 Å². The Morgan fingerprint density at radius 1 is 1.36 bits per heavy atom. The van der Waals surface area contributed by atoms with E-state index in [4.69, 9.17) is 4.74 Å². The van der Waals surface area contributed by atoms with Gasteiger partial charge in [0.1, 0.15) is 5.71 Å². The molecule has 2 aliphatic heterocycles. The summed E-state index contributed by atoms with van der Waals surface area (Å²) in [5.74, 6) is -0.679. The van der Waals surface area contributed by atoms with Gasteiger partial charge in [-0.25, -0.2) is 5.43 Å². The third-order valence-corrected chi connectivity index (χ3v) is 4.06. The van der Waals surface area contributed by atoms with Crippen LogP contribution in [0.4, 0.5) is 5.69 Å². The molecule has 3 amide bonds. The summed E-state index contributed by atoms with van der Waals surface area (Å²) in [5, 5.41) is 6.48. The Labute approximate surface area is 145 Å². The molecule has 1 unspecified atom stereocenters. The van der Waals surface area contributed by atoms with Gasteiger partial charge in [-0.05, 0) is 25.1 Å². The molecular weight excluding hydrogens is 324 g/mol. The quantitative estimate of drug-likeness (QED) is 0.845. The third kappa shape index (κ3) is 4.21. The van der Waals surface area contributed by atoms with E-state index < -0.39 is 0 Å². The van der Waals surface area contributed by atoms with E-state index in [0.29, 0.717) is 37.4 Å². The first-order chi connectivity index (χ1) is 12.0. The van der Waals surface area contributed by atoms with Crippen molar-refractivity contribution in [3.8, 4) is 0 Å². The van der Waals surface area contributed by atoms with Gasteiger partial charge in [0.25, 0.3) is 11.8 Å². The lowest BCUT2D eigenvalue weighted by Gasteiger charge is -2.31. The molecule has 8 nitrogen and oxygen atoms in total. The predicted molar refractivity (Wildman–Crippen MR) is 91.2 cm³/mol. The summed E-state index contributed by atoms with van der Waals surface area (Å²) in [5.41, 5.74) is 3.57. The van der Waals surface area contributed by atoms with Gasteiger partial charge in [-0.3, -0.25) is 14.4 Å². The zero-order valence-corrected chi connectivity index (χ0v) is 13.9. The highest BCUT2D eigenvalue weighted by Crippen LogP contribution is 2.15. The standard InChI is InChI=1S/C17H20N4O4/c1-11-10-21(7-8-25-11)17(24)12-3-2-4-13(9-12)18-16(23)14-5-6-15(22)20-19-14/h2-4,9,11H,5-8,10H2,1H3,(H,18,23)(H,20,22). The topological polar surface area (TPSA) is 100 Å². The molecule has 0 aromatic heterocycles. The van der Waals surface area contributed by atoms with Crippen molar-refractivity contribution in [3.63, 3.8) is 0 Å². The number of hydrogen-bond donors (Lipinski definition) is 2. The number of ether oxygens (including phenoxy) is 1. The zero-order chi connectivity index (χ0) is 17.8. The maximum atomic E-state index is 12.6. The minimum absolute atomic E-state index is 0.0140. The molecule has 2 aliphatic rings. The second kappa shape index (κ2) is 7.43. The van der Waals surface area contributed by atoms with Crippen LogP contribution in [0.5, 0.6) is 0 Å². The molecule has 0 radical (unpaired) electrons. The fraction of sp³-hybridized carbons (Fsp3) is 0.412. The smallest absolute Gasteiger partial charge is 0.271 e. The minimum atomic E-state index is -0.385. The van der Waals surface area contributed by atoms with E-state index in [1.54, 1.807) is 29.2 Å². The average Bonchev–Trinajstić information content (AvgIpc) is 2.62. The van der Waals surface area contributed by atoms with Crippen molar-refractivity contribution in [3.05, 3.63) is 29.8 Å². The largest absolute Gasteiger partial charge is 0.375 e. The molecule has 1 atom stereocenters. The van der Waals surface area contributed by atoms with E-state index in [2.05, 4.69) is 15.8 Å². The Bertz CT molecular complexity index is 731. The number of benzene rings is 1. The number of nitrogens with one attached hydrogen (secondary N) is 2. The Morgan fingerprint density at radius 2 is 2.20 bits per heavy atom. The van der Waals surface area contributed by atoms with Crippen molar-refractivity contribution in [2.24, 2.45) is 5.10 Å². The number of nitrogens with zero attached hydrogens (tertiary/aromatic N) is 2. The molecule has 8 heteroatoms. The van der Waals surface area contributed by atoms with Gasteiger partial charge in [0.2, 0.25) is 5.91 Å². The van der Waals surface area contributed by atoms with Crippen LogP contribution < -0.4 is 10.7 Å². The lowest BCUT2D eigenvalue weighted by atomic mass is 10.1. The zero-order valence-electron chi connectivity index (χ0n) is 13.9. The first-order valence-electron chi connectivity index (χ1n) is 8.20. The van der Waals surface area contributed by atoms with Crippen molar-refractivity contribution in [2.75, 3.05) is 25.0 Å². The van der Waals surface area contributed by atoms with Crippen molar-refractivity contribution in [1.82, 2.24) is 10.3 Å². The SMILES string of the molecule is CC1CN(C(=O)c2cccc(NC(=O)C3=NNC(=O)CC3)c2)CCO1. The molecule has 1 aromatic rings. The van der Waals surface area contributed by atoms with Crippen molar-refractivity contribution >= 4 is 29.1 Å². The number of hydrogen-bond acceptors (Lipinski definition) is 5. The molecule has 3 rings (SSSR count). The normalized spacial score (nSPS) is 20.5. The second-order valence-corrected chi connectivity index (χ2v) is 6.06. The molecule has 0 spiro atoms. The van der Waals surface area contributed by atoms with Crippen molar-refractivity contribution in [2.45, 2.75) is 25.9 Å². The van der Waals surface area contributed by atoms with E-state index in [-0.39, 0.29) is 36.0 Å². The average molecular weight is 344 g/mol. The highest BCUT2D eigenvalue weighted by atomic mass is 16.5. The number of morpholine rings is 1. The molecule has 0 aliphatic carbocycles. The van der Waals surface area contributed by atoms with Crippen LogP contribution in [0.25, 0.3) is 0 Å². The lowest BCUT2D eigenvalue weighted by Crippen LogP contribution is -2.44. The van der Waals surface area contributed by atoms with Crippen molar-refractivity contribution < 1.29 is 19.1 Å². The summed E-state index contributed by atoms with van der Waals surface area (Å²) in [6, 6.07) is 6.79. The molecular formula is C17H20N4O4. The van der Waals surface area contributed by atoms with Crippen LogP contribution in [0, 0.1) is 0 Å². The summed E-state index contributed by atoms with van der Waals surface area (Å²) < 4.78 is 5.45. The van der Waals surface area contributed by atoms with Gasteiger partial charge >= 0.3 is 0 Å². The first-order valence-corrected chi connectivity index (χ1v) is 8.20. The molecule has 2 N–H and O–H groups in total. The fourth-order valence-electron chi connectivity index (χ4n) is 2.76. The molecule has 25 heavy (non-hydrogen) atoms. The number of carbonyl (C=O) groups is 3. The van der Waals surface area contributed by atoms with Gasteiger partial charge in [-0.1, -0.05) is 6.07 Å². The number of rotatable bonds is 3. The molecule has 0 saturated carbocycles. The van der Waals surface area contributed by atoms with E-state index in [1.165, 1.54) is 0 Å². The van der Waals surface area contributed by atoms with Crippen molar-refractivity contribution in [1.29, 1.82) is 0 Å². The summed E-state index contributed by atoms with van der Waals surface area (Å²) in [6.45, 7) is 3.55. The van der Waals surface area contributed by atoms with Crippen LogP contribution in [0.2, 0.25) is 0 Å². The van der Waals surface area contributed by atoms with E-state index in [0.717, 1.165) is 0 Å². The van der Waals surface area contributed by atoms with Gasteiger partial charge in [0.05, 0.1) is 12.7 Å². The molecule has 1 saturated heterocycles. The van der Waals surface area contributed by atoms with Crippen LogP contribution in [-0.2, 0) is 14.3 Å². The maximum Gasteiger partial charge on any atom is 0.271 e. The molecule has 2 heterocycles. The minimum Gasteiger partial charge on any atom is -0.375 e. The number of carbonyl (C=O) groups excluding carboxylic acids is 3. The Morgan fingerprint density at radius 3 is 2.92 bits per heavy atom. The Balaban J connectivity index is 1.68. The lowest BCUT2D eigenvalue weighted by molar-refractivity contribution is -0.121. The van der Waals surface area contributed by atoms with Crippen LogP contribution in [0.1, 0.15) is 30.1 Å². The number of hydrazone groups is 1. The van der Waals surface area contributed by atoms with Gasteiger partial charge in [0.15, 0.2) is 0 Å². The summed E-state index contributed by atoms with van der Waals surface area (Å²) >= 11 is 0. The summed E-state index contributed by atoms with van der Waals surface area (Å²) in [6.07, 6.45) is 0.544. The van der Waals surface area contributed by atoms with E-state index in [9.17, 15) is 14.4 Å². The fourth-order valence-corrected chi connectivity index (χ4v) is 2.76. The predicted octanol–water partition coefficient (Wildman–Crippen LogP) is 0.752. The Hall–Kier alpha value is -2.74. The van der Waals surface area contributed by atoms with Gasteiger partial charge in [-0.2, -0.15) is 5.10 Å². The summed E-state index contributed by atoms with van der Waals surface area (Å²) in [7, 11) is 0. The van der Waals surface area contributed by atoms with Gasteiger partial charge in [0, 0.05) is 37.2 Å². The third-order valence-electron chi connectivity index (χ3n) is 4.06. The number of amides is 3. The number of anilines is 1. The maximum absolute atomic E-state index is 12.6. The molecule has 1 aromatic carbocycles. The highest BCUT2D eigenvalue weighted by molar-refractivity contribution is 6.43. The molecule has 1 fully saturated rings. The monoisotopic (exact) mass is 344 g/mol. The molecule has 0 bridgehead atoms. The highest BCUT2D eigenvalue weighted by Gasteiger charge is 2.23. The van der Waals surface area contributed by atoms with E-state index >= 15 is 0 Å². The Kier molecular flexibility index (Phi) is 5.08. The first kappa shape index (κ1) is 17.1. The molecule has 132 valence electrons. The second-order valence-electron chi connectivity index (χ2n) is 6.06. The van der Waals surface area contributed by atoms with Crippen LogP contribution in [0.3, 0.4) is 0 Å². The van der Waals surface area contributed by atoms with Crippen LogP contribution >= 0.6 is 0 Å². The van der Waals surface area contributed by atoms with E-state index in [1.807, 2.05) is 6.92 Å².